The van der Waals surface area contributed by atoms with Crippen LogP contribution in [0.2, 0.25) is 0 Å². The Morgan fingerprint density at radius 1 is 0.925 bits per heavy atom. The number of sulfonamides is 1. The van der Waals surface area contributed by atoms with E-state index in [-0.39, 0.29) is 5.82 Å². The first-order valence-corrected chi connectivity index (χ1v) is 15.1. The largest absolute Gasteiger partial charge is 0.367 e. The third-order valence-electron chi connectivity index (χ3n) is 7.51. The molecule has 3 aromatic rings. The highest BCUT2D eigenvalue weighted by molar-refractivity contribution is 7.94. The molecule has 0 unspecified atom stereocenters. The highest BCUT2D eigenvalue weighted by Gasteiger charge is 2.37. The van der Waals surface area contributed by atoms with Gasteiger partial charge in [0, 0.05) is 55.9 Å². The molecule has 0 amide bonds. The van der Waals surface area contributed by atoms with Crippen molar-refractivity contribution in [3.8, 4) is 0 Å². The number of nitrogens with one attached hydrogen (secondary N) is 2. The van der Waals surface area contributed by atoms with Crippen molar-refractivity contribution in [1.82, 2.24) is 14.9 Å². The topological polar surface area (TPSA) is 93.7 Å². The van der Waals surface area contributed by atoms with Gasteiger partial charge < -0.3 is 20.4 Å². The zero-order valence-electron chi connectivity index (χ0n) is 23.8. The first-order chi connectivity index (χ1) is 18.9. The average molecular weight is 568 g/mol. The van der Waals surface area contributed by atoms with Crippen LogP contribution in [0.3, 0.4) is 0 Å². The summed E-state index contributed by atoms with van der Waals surface area (Å²) in [6.45, 7) is 10.9. The van der Waals surface area contributed by atoms with Gasteiger partial charge >= 0.3 is 0 Å². The number of hydrogen-bond donors (Lipinski definition) is 2. The second kappa shape index (κ2) is 10.9. The molecule has 1 saturated heterocycles. The number of rotatable bonds is 6. The van der Waals surface area contributed by atoms with Crippen molar-refractivity contribution in [2.75, 3.05) is 59.6 Å². The Hall–Kier alpha value is -3.44. The van der Waals surface area contributed by atoms with Gasteiger partial charge in [0.1, 0.15) is 11.6 Å². The second-order valence-electron chi connectivity index (χ2n) is 11.6. The predicted octanol–water partition coefficient (Wildman–Crippen LogP) is 5.04. The molecule has 2 aliphatic heterocycles. The Balaban J connectivity index is 1.35. The molecule has 5 rings (SSSR count). The number of hydrogen-bond acceptors (Lipinski definition) is 8. The van der Waals surface area contributed by atoms with Crippen LogP contribution < -0.4 is 19.8 Å². The third kappa shape index (κ3) is 5.71. The molecule has 0 saturated carbocycles. The van der Waals surface area contributed by atoms with E-state index in [0.29, 0.717) is 35.4 Å². The normalized spacial score (nSPS) is 16.6. The fourth-order valence-corrected chi connectivity index (χ4v) is 6.44. The van der Waals surface area contributed by atoms with Crippen molar-refractivity contribution < 1.29 is 12.8 Å². The van der Waals surface area contributed by atoms with E-state index >= 15 is 0 Å². The van der Waals surface area contributed by atoms with E-state index in [1.807, 2.05) is 31.2 Å². The summed E-state index contributed by atoms with van der Waals surface area (Å²) in [5, 5.41) is 6.44. The molecular weight excluding hydrogens is 529 g/mol. The summed E-state index contributed by atoms with van der Waals surface area (Å²) in [6.07, 6.45) is 3.31. The van der Waals surface area contributed by atoms with Gasteiger partial charge in [-0.2, -0.15) is 4.98 Å². The molecule has 11 heteroatoms. The van der Waals surface area contributed by atoms with Crippen molar-refractivity contribution in [3.05, 3.63) is 59.5 Å². The maximum absolute atomic E-state index is 15.0. The van der Waals surface area contributed by atoms with Gasteiger partial charge in [0.15, 0.2) is 0 Å². The zero-order valence-corrected chi connectivity index (χ0v) is 24.6. The standard InChI is InChI=1S/C29H38FN7O2S/c1-20-19-31-28(33-22-10-11-25(24(30)17-22)36-15-13-35(5)14-16-36)34-27(20)32-23-9-8-21-7-6-12-37(26(21)18-23)40(38,39)29(2,3)4/h8-11,17-19H,6-7,12-16H2,1-5H3,(H2,31,32,33,34). The molecule has 0 aliphatic carbocycles. The fraction of sp³-hybridized carbons (Fsp3) is 0.448. The number of aryl methyl sites for hydroxylation is 2. The molecule has 0 spiro atoms. The van der Waals surface area contributed by atoms with Crippen molar-refractivity contribution >= 4 is 44.5 Å². The summed E-state index contributed by atoms with van der Waals surface area (Å²) < 4.78 is 42.2. The number of anilines is 6. The lowest BCUT2D eigenvalue weighted by molar-refractivity contribution is 0.311. The maximum atomic E-state index is 15.0. The number of nitrogens with zero attached hydrogens (tertiary/aromatic N) is 5. The average Bonchev–Trinajstić information content (AvgIpc) is 2.90. The summed E-state index contributed by atoms with van der Waals surface area (Å²) >= 11 is 0. The number of piperazine rings is 1. The van der Waals surface area contributed by atoms with Crippen molar-refractivity contribution in [3.63, 3.8) is 0 Å². The number of benzene rings is 2. The molecule has 0 atom stereocenters. The Morgan fingerprint density at radius 3 is 2.33 bits per heavy atom. The molecule has 214 valence electrons. The molecule has 3 heterocycles. The molecule has 2 aliphatic rings. The van der Waals surface area contributed by atoms with Gasteiger partial charge in [0.2, 0.25) is 16.0 Å². The SMILES string of the molecule is Cc1cnc(Nc2ccc(N3CCN(C)CC3)c(F)c2)nc1Nc1ccc2c(c1)N(S(=O)(=O)C(C)(C)C)CCC2. The summed E-state index contributed by atoms with van der Waals surface area (Å²) in [6, 6.07) is 10.9. The molecule has 2 aromatic carbocycles. The van der Waals surface area contributed by atoms with Crippen molar-refractivity contribution in [2.24, 2.45) is 0 Å². The van der Waals surface area contributed by atoms with Crippen LogP contribution in [0.1, 0.15) is 38.3 Å². The summed E-state index contributed by atoms with van der Waals surface area (Å²) in [7, 11) is -1.46. The summed E-state index contributed by atoms with van der Waals surface area (Å²) in [5.74, 6) is 0.617. The van der Waals surface area contributed by atoms with Crippen molar-refractivity contribution in [2.45, 2.75) is 45.3 Å². The van der Waals surface area contributed by atoms with Gasteiger partial charge in [-0.05, 0) is 83.5 Å². The van der Waals surface area contributed by atoms with Crippen LogP contribution in [-0.2, 0) is 16.4 Å². The van der Waals surface area contributed by atoms with Crippen LogP contribution in [0.15, 0.2) is 42.6 Å². The van der Waals surface area contributed by atoms with E-state index in [1.54, 1.807) is 33.0 Å². The maximum Gasteiger partial charge on any atom is 0.240 e. The second-order valence-corrected chi connectivity index (χ2v) is 14.2. The zero-order chi connectivity index (χ0) is 28.7. The Kier molecular flexibility index (Phi) is 7.62. The van der Waals surface area contributed by atoms with E-state index in [4.69, 9.17) is 0 Å². The summed E-state index contributed by atoms with van der Waals surface area (Å²) in [4.78, 5) is 13.3. The lowest BCUT2D eigenvalue weighted by Crippen LogP contribution is -2.45. The van der Waals surface area contributed by atoms with Crippen LogP contribution in [-0.4, -0.2) is 67.8 Å². The van der Waals surface area contributed by atoms with Crippen LogP contribution in [0.4, 0.5) is 38.9 Å². The van der Waals surface area contributed by atoms with Crippen LogP contribution in [0.25, 0.3) is 0 Å². The van der Waals surface area contributed by atoms with Crippen LogP contribution in [0.5, 0.6) is 0 Å². The molecule has 0 bridgehead atoms. The lowest BCUT2D eigenvalue weighted by Gasteiger charge is -2.35. The fourth-order valence-electron chi connectivity index (χ4n) is 4.98. The van der Waals surface area contributed by atoms with Crippen molar-refractivity contribution in [1.29, 1.82) is 0 Å². The summed E-state index contributed by atoms with van der Waals surface area (Å²) in [5.41, 5.74) is 4.41. The molecule has 40 heavy (non-hydrogen) atoms. The number of aromatic nitrogens is 2. The van der Waals surface area contributed by atoms with Crippen LogP contribution in [0, 0.1) is 12.7 Å². The molecule has 9 nitrogen and oxygen atoms in total. The Bertz CT molecular complexity index is 1500. The number of likely N-dealkylation sites (N-methyl/N-ethyl adjacent to an activating group) is 1. The van der Waals surface area contributed by atoms with Gasteiger partial charge in [-0.15, -0.1) is 0 Å². The molecule has 1 aromatic heterocycles. The lowest BCUT2D eigenvalue weighted by atomic mass is 10.0. The first-order valence-electron chi connectivity index (χ1n) is 13.7. The molecule has 2 N–H and O–H groups in total. The number of fused-ring (bicyclic) bond motifs is 1. The minimum absolute atomic E-state index is 0.288. The molecular formula is C29H38FN7O2S. The number of halogens is 1. The van der Waals surface area contributed by atoms with E-state index in [9.17, 15) is 12.8 Å². The Labute approximate surface area is 236 Å². The third-order valence-corrected chi connectivity index (χ3v) is 10.0. The van der Waals surface area contributed by atoms with Crippen LogP contribution >= 0.6 is 0 Å². The van der Waals surface area contributed by atoms with E-state index in [2.05, 4.69) is 37.4 Å². The quantitative estimate of drug-likeness (QED) is 0.428. The predicted molar refractivity (Wildman–Crippen MR) is 160 cm³/mol. The smallest absolute Gasteiger partial charge is 0.240 e. The van der Waals surface area contributed by atoms with Gasteiger partial charge in [0.05, 0.1) is 16.1 Å². The minimum atomic E-state index is -3.53. The van der Waals surface area contributed by atoms with Gasteiger partial charge in [-0.3, -0.25) is 4.31 Å². The van der Waals surface area contributed by atoms with Gasteiger partial charge in [-0.1, -0.05) is 6.07 Å². The van der Waals surface area contributed by atoms with Gasteiger partial charge in [-0.25, -0.2) is 17.8 Å². The van der Waals surface area contributed by atoms with E-state index in [1.165, 1.54) is 10.4 Å². The van der Waals surface area contributed by atoms with E-state index < -0.39 is 14.8 Å². The highest BCUT2D eigenvalue weighted by atomic mass is 32.2. The molecule has 0 radical (unpaired) electrons. The Morgan fingerprint density at radius 2 is 1.62 bits per heavy atom. The van der Waals surface area contributed by atoms with Gasteiger partial charge in [0.25, 0.3) is 0 Å². The van der Waals surface area contributed by atoms with E-state index in [0.717, 1.165) is 55.8 Å². The monoisotopic (exact) mass is 567 g/mol. The minimum Gasteiger partial charge on any atom is -0.367 e. The first kappa shape index (κ1) is 28.1. The highest BCUT2D eigenvalue weighted by Crippen LogP contribution is 2.36. The molecule has 1 fully saturated rings.